The minimum atomic E-state index is -0.519. The molecule has 0 radical (unpaired) electrons. The lowest BCUT2D eigenvalue weighted by Crippen LogP contribution is -2.28. The first-order chi connectivity index (χ1) is 12.5. The van der Waals surface area contributed by atoms with Crippen LogP contribution in [0.15, 0.2) is 42.5 Å². The zero-order chi connectivity index (χ0) is 18.7. The number of anilines is 2. The van der Waals surface area contributed by atoms with E-state index in [0.717, 1.165) is 11.1 Å². The first-order valence-corrected chi connectivity index (χ1v) is 8.43. The lowest BCUT2D eigenvalue weighted by molar-refractivity contribution is -0.122. The van der Waals surface area contributed by atoms with Gasteiger partial charge in [0.15, 0.2) is 0 Å². The van der Waals surface area contributed by atoms with E-state index in [-0.39, 0.29) is 30.5 Å². The number of amides is 2. The van der Waals surface area contributed by atoms with Crippen molar-refractivity contribution >= 4 is 23.2 Å². The lowest BCUT2D eigenvalue weighted by atomic mass is 10.1. The summed E-state index contributed by atoms with van der Waals surface area (Å²) in [6, 6.07) is 12.1. The Morgan fingerprint density at radius 1 is 1.31 bits per heavy atom. The predicted octanol–water partition coefficient (Wildman–Crippen LogP) is 3.27. The largest absolute Gasteiger partial charge is 0.380 e. The van der Waals surface area contributed by atoms with Gasteiger partial charge in [0.1, 0.15) is 5.82 Å². The Morgan fingerprint density at radius 3 is 2.85 bits per heavy atom. The van der Waals surface area contributed by atoms with Crippen LogP contribution in [0.3, 0.4) is 0 Å². The Labute approximate surface area is 151 Å². The fraction of sp³-hybridized carbons (Fsp3) is 0.300. The molecule has 1 saturated heterocycles. The van der Waals surface area contributed by atoms with Crippen LogP contribution in [0.1, 0.15) is 17.5 Å². The van der Waals surface area contributed by atoms with Crippen molar-refractivity contribution in [2.75, 3.05) is 23.9 Å². The molecule has 136 valence electrons. The number of nitrogens with zero attached hydrogens (tertiary/aromatic N) is 1. The van der Waals surface area contributed by atoms with Gasteiger partial charge in [-0.1, -0.05) is 18.2 Å². The average Bonchev–Trinajstić information content (AvgIpc) is 2.97. The molecule has 1 N–H and O–H groups in total. The normalized spacial score (nSPS) is 16.8. The number of hydrogen-bond donors (Lipinski definition) is 1. The van der Waals surface area contributed by atoms with Crippen LogP contribution in [0, 0.1) is 18.7 Å². The zero-order valence-corrected chi connectivity index (χ0v) is 14.8. The monoisotopic (exact) mass is 356 g/mol. The van der Waals surface area contributed by atoms with Gasteiger partial charge in [-0.15, -0.1) is 0 Å². The third-order valence-corrected chi connectivity index (χ3v) is 4.40. The highest BCUT2D eigenvalue weighted by Gasteiger charge is 2.36. The van der Waals surface area contributed by atoms with Gasteiger partial charge in [0.25, 0.3) is 0 Å². The summed E-state index contributed by atoms with van der Waals surface area (Å²) in [5.41, 5.74) is 2.59. The molecule has 2 aromatic carbocycles. The van der Waals surface area contributed by atoms with Gasteiger partial charge in [-0.3, -0.25) is 9.59 Å². The van der Waals surface area contributed by atoms with Crippen molar-refractivity contribution in [1.82, 2.24) is 0 Å². The summed E-state index contributed by atoms with van der Waals surface area (Å²) >= 11 is 0. The van der Waals surface area contributed by atoms with E-state index in [9.17, 15) is 14.0 Å². The van der Waals surface area contributed by atoms with Crippen LogP contribution in [0.25, 0.3) is 0 Å². The molecule has 0 aliphatic carbocycles. The van der Waals surface area contributed by atoms with Crippen molar-refractivity contribution in [3.8, 4) is 0 Å². The number of halogens is 1. The zero-order valence-electron chi connectivity index (χ0n) is 14.8. The second-order valence-corrected chi connectivity index (χ2v) is 6.48. The number of methoxy groups -OCH3 is 1. The van der Waals surface area contributed by atoms with Crippen molar-refractivity contribution in [1.29, 1.82) is 0 Å². The van der Waals surface area contributed by atoms with E-state index in [0.29, 0.717) is 12.3 Å². The van der Waals surface area contributed by atoms with E-state index in [2.05, 4.69) is 5.32 Å². The minimum Gasteiger partial charge on any atom is -0.380 e. The predicted molar refractivity (Wildman–Crippen MR) is 97.4 cm³/mol. The molecule has 0 saturated carbocycles. The molecule has 1 unspecified atom stereocenters. The van der Waals surface area contributed by atoms with Gasteiger partial charge in [0.2, 0.25) is 11.8 Å². The van der Waals surface area contributed by atoms with Crippen LogP contribution in [0.2, 0.25) is 0 Å². The first kappa shape index (κ1) is 18.1. The molecule has 6 heteroatoms. The molecule has 1 fully saturated rings. The third-order valence-electron chi connectivity index (χ3n) is 4.40. The Hall–Kier alpha value is -2.73. The SMILES string of the molecule is COCc1cccc(NC(=O)C2CC(=O)N(c3ccc(C)cc3F)C2)c1. The molecule has 1 aliphatic heterocycles. The Balaban J connectivity index is 1.70. The van der Waals surface area contributed by atoms with Gasteiger partial charge in [-0.25, -0.2) is 4.39 Å². The van der Waals surface area contributed by atoms with Crippen LogP contribution in [-0.4, -0.2) is 25.5 Å². The molecule has 2 aromatic rings. The summed E-state index contributed by atoms with van der Waals surface area (Å²) < 4.78 is 19.2. The molecule has 2 amide bonds. The van der Waals surface area contributed by atoms with Crippen molar-refractivity contribution < 1.29 is 18.7 Å². The van der Waals surface area contributed by atoms with E-state index in [1.165, 1.54) is 11.0 Å². The van der Waals surface area contributed by atoms with Crippen molar-refractivity contribution in [2.24, 2.45) is 5.92 Å². The number of rotatable bonds is 5. The molecule has 1 aliphatic rings. The van der Waals surface area contributed by atoms with Crippen LogP contribution in [0.4, 0.5) is 15.8 Å². The highest BCUT2D eigenvalue weighted by Crippen LogP contribution is 2.28. The molecular formula is C20H21FN2O3. The molecule has 1 atom stereocenters. The minimum absolute atomic E-state index is 0.0664. The molecule has 3 rings (SSSR count). The maximum absolute atomic E-state index is 14.2. The van der Waals surface area contributed by atoms with Gasteiger partial charge < -0.3 is 15.0 Å². The Bertz CT molecular complexity index is 838. The molecule has 0 spiro atoms. The van der Waals surface area contributed by atoms with E-state index in [1.54, 1.807) is 32.2 Å². The van der Waals surface area contributed by atoms with Gasteiger partial charge in [-0.2, -0.15) is 0 Å². The lowest BCUT2D eigenvalue weighted by Gasteiger charge is -2.18. The van der Waals surface area contributed by atoms with Crippen LogP contribution >= 0.6 is 0 Å². The highest BCUT2D eigenvalue weighted by molar-refractivity contribution is 6.03. The second-order valence-electron chi connectivity index (χ2n) is 6.48. The summed E-state index contributed by atoms with van der Waals surface area (Å²) in [6.07, 6.45) is 0.0664. The average molecular weight is 356 g/mol. The van der Waals surface area contributed by atoms with Crippen molar-refractivity contribution in [3.05, 3.63) is 59.4 Å². The molecular weight excluding hydrogens is 335 g/mol. The summed E-state index contributed by atoms with van der Waals surface area (Å²) in [4.78, 5) is 26.2. The first-order valence-electron chi connectivity index (χ1n) is 8.43. The Morgan fingerprint density at radius 2 is 2.12 bits per heavy atom. The van der Waals surface area contributed by atoms with Gasteiger partial charge in [0.05, 0.1) is 18.2 Å². The Kier molecular flexibility index (Phi) is 5.32. The van der Waals surface area contributed by atoms with Gasteiger partial charge >= 0.3 is 0 Å². The smallest absolute Gasteiger partial charge is 0.229 e. The topological polar surface area (TPSA) is 58.6 Å². The summed E-state index contributed by atoms with van der Waals surface area (Å²) in [7, 11) is 1.61. The molecule has 1 heterocycles. The second kappa shape index (κ2) is 7.66. The fourth-order valence-electron chi connectivity index (χ4n) is 3.10. The van der Waals surface area contributed by atoms with E-state index in [1.807, 2.05) is 18.2 Å². The van der Waals surface area contributed by atoms with E-state index >= 15 is 0 Å². The third kappa shape index (κ3) is 3.91. The number of nitrogens with one attached hydrogen (secondary N) is 1. The quantitative estimate of drug-likeness (QED) is 0.894. The standard InChI is InChI=1S/C20H21FN2O3/c1-13-6-7-18(17(21)8-13)23-11-15(10-19(23)24)20(25)22-16-5-3-4-14(9-16)12-26-2/h3-9,15H,10-12H2,1-2H3,(H,22,25). The number of ether oxygens (including phenoxy) is 1. The van der Waals surface area contributed by atoms with E-state index < -0.39 is 11.7 Å². The summed E-state index contributed by atoms with van der Waals surface area (Å²) in [5.74, 6) is -1.47. The maximum Gasteiger partial charge on any atom is 0.229 e. The number of carbonyl (C=O) groups excluding carboxylic acids is 2. The van der Waals surface area contributed by atoms with Gasteiger partial charge in [-0.05, 0) is 42.3 Å². The van der Waals surface area contributed by atoms with Crippen molar-refractivity contribution in [3.63, 3.8) is 0 Å². The van der Waals surface area contributed by atoms with Crippen molar-refractivity contribution in [2.45, 2.75) is 20.0 Å². The number of hydrogen-bond acceptors (Lipinski definition) is 3. The molecule has 5 nitrogen and oxygen atoms in total. The van der Waals surface area contributed by atoms with Gasteiger partial charge in [0, 0.05) is 25.8 Å². The number of carbonyl (C=O) groups is 2. The highest BCUT2D eigenvalue weighted by atomic mass is 19.1. The van der Waals surface area contributed by atoms with Crippen LogP contribution in [0.5, 0.6) is 0 Å². The molecule has 0 bridgehead atoms. The summed E-state index contributed by atoms with van der Waals surface area (Å²) in [5, 5.41) is 2.83. The number of benzene rings is 2. The molecule has 0 aromatic heterocycles. The van der Waals surface area contributed by atoms with Crippen LogP contribution in [-0.2, 0) is 20.9 Å². The van der Waals surface area contributed by atoms with Crippen LogP contribution < -0.4 is 10.2 Å². The fourth-order valence-corrected chi connectivity index (χ4v) is 3.10. The van der Waals surface area contributed by atoms with E-state index in [4.69, 9.17) is 4.74 Å². The molecule has 26 heavy (non-hydrogen) atoms. The maximum atomic E-state index is 14.2. The summed E-state index contributed by atoms with van der Waals surface area (Å²) in [6.45, 7) is 2.40. The number of aryl methyl sites for hydroxylation is 1.